The number of carbonyl (C=O) groups is 1. The molecule has 0 bridgehead atoms. The molecular formula is C9H14N2OS2. The average Bonchev–Trinajstić information content (AvgIpc) is 2.62. The molecule has 0 aromatic carbocycles. The minimum absolute atomic E-state index is 0.260. The summed E-state index contributed by atoms with van der Waals surface area (Å²) in [5, 5.41) is 0.904. The molecule has 0 saturated heterocycles. The Balaban J connectivity index is 2.49. The maximum Gasteiger partial charge on any atom is 0.168 e. The lowest BCUT2D eigenvalue weighted by atomic mass is 10.4. The van der Waals surface area contributed by atoms with Gasteiger partial charge in [0.05, 0.1) is 5.75 Å². The number of hydrogen-bond acceptors (Lipinski definition) is 4. The van der Waals surface area contributed by atoms with Crippen LogP contribution in [0.1, 0.15) is 13.3 Å². The van der Waals surface area contributed by atoms with Crippen molar-refractivity contribution < 1.29 is 4.79 Å². The normalized spacial score (nSPS) is 10.4. The number of aryl methyl sites for hydroxylation is 1. The van der Waals surface area contributed by atoms with Crippen molar-refractivity contribution in [2.75, 3.05) is 11.5 Å². The Bertz CT molecular complexity index is 299. The molecule has 1 heterocycles. The van der Waals surface area contributed by atoms with E-state index in [4.69, 9.17) is 0 Å². The van der Waals surface area contributed by atoms with Crippen molar-refractivity contribution in [1.82, 2.24) is 9.55 Å². The predicted octanol–water partition coefficient (Wildman–Crippen LogP) is 1.88. The van der Waals surface area contributed by atoms with Gasteiger partial charge in [-0.1, -0.05) is 18.7 Å². The van der Waals surface area contributed by atoms with Gasteiger partial charge in [0.1, 0.15) is 5.78 Å². The zero-order valence-corrected chi connectivity index (χ0v) is 9.85. The molecule has 0 saturated carbocycles. The van der Waals surface area contributed by atoms with Crippen LogP contribution >= 0.6 is 24.4 Å². The van der Waals surface area contributed by atoms with E-state index in [1.807, 2.05) is 17.7 Å². The molecular weight excluding hydrogens is 216 g/mol. The Kier molecular flexibility index (Phi) is 5.11. The van der Waals surface area contributed by atoms with Gasteiger partial charge >= 0.3 is 0 Å². The van der Waals surface area contributed by atoms with E-state index < -0.39 is 0 Å². The van der Waals surface area contributed by atoms with Crippen LogP contribution in [0.5, 0.6) is 0 Å². The number of thiol groups is 1. The van der Waals surface area contributed by atoms with Crippen molar-refractivity contribution in [3.63, 3.8) is 0 Å². The Labute approximate surface area is 93.7 Å². The van der Waals surface area contributed by atoms with E-state index in [1.54, 1.807) is 6.20 Å². The summed E-state index contributed by atoms with van der Waals surface area (Å²) in [6.07, 6.45) is 4.26. The van der Waals surface area contributed by atoms with Gasteiger partial charge in [0.25, 0.3) is 0 Å². The van der Waals surface area contributed by atoms with E-state index in [0.717, 1.165) is 17.5 Å². The van der Waals surface area contributed by atoms with Crippen molar-refractivity contribution >= 4 is 30.2 Å². The fraction of sp³-hybridized carbons (Fsp3) is 0.556. The van der Waals surface area contributed by atoms with Gasteiger partial charge in [0.15, 0.2) is 5.16 Å². The van der Waals surface area contributed by atoms with E-state index in [-0.39, 0.29) is 5.78 Å². The molecule has 3 nitrogen and oxygen atoms in total. The Morgan fingerprint density at radius 1 is 1.71 bits per heavy atom. The molecule has 1 rings (SSSR count). The Morgan fingerprint density at radius 2 is 2.50 bits per heavy atom. The summed E-state index contributed by atoms with van der Waals surface area (Å²) in [5.74, 6) is 1.56. The molecule has 1 aromatic rings. The number of imidazole rings is 1. The second-order valence-corrected chi connectivity index (χ2v) is 4.20. The first kappa shape index (κ1) is 11.7. The van der Waals surface area contributed by atoms with Gasteiger partial charge in [-0.25, -0.2) is 4.98 Å². The Morgan fingerprint density at radius 3 is 3.14 bits per heavy atom. The van der Waals surface area contributed by atoms with Crippen molar-refractivity contribution in [3.05, 3.63) is 12.4 Å². The first-order chi connectivity index (χ1) is 6.77. The third-order valence-electron chi connectivity index (χ3n) is 1.77. The molecule has 14 heavy (non-hydrogen) atoms. The number of nitrogens with zero attached hydrogens (tertiary/aromatic N) is 2. The van der Waals surface area contributed by atoms with Crippen molar-refractivity contribution in [3.8, 4) is 0 Å². The lowest BCUT2D eigenvalue weighted by Crippen LogP contribution is -2.03. The summed E-state index contributed by atoms with van der Waals surface area (Å²) in [6, 6.07) is 0. The van der Waals surface area contributed by atoms with E-state index in [1.165, 1.54) is 11.8 Å². The lowest BCUT2D eigenvalue weighted by molar-refractivity contribution is -0.116. The summed E-state index contributed by atoms with van der Waals surface area (Å²) < 4.78 is 2.01. The molecule has 0 fully saturated rings. The van der Waals surface area contributed by atoms with Gasteiger partial charge in [-0.3, -0.25) is 4.79 Å². The summed E-state index contributed by atoms with van der Waals surface area (Å²) >= 11 is 5.65. The molecule has 0 N–H and O–H groups in total. The van der Waals surface area contributed by atoms with Crippen molar-refractivity contribution in [2.24, 2.45) is 0 Å². The first-order valence-corrected chi connectivity index (χ1v) is 6.16. The molecule has 1 aromatic heterocycles. The number of aromatic nitrogens is 2. The van der Waals surface area contributed by atoms with Crippen LogP contribution in [0.2, 0.25) is 0 Å². The zero-order chi connectivity index (χ0) is 10.4. The highest BCUT2D eigenvalue weighted by Crippen LogP contribution is 2.16. The summed E-state index contributed by atoms with van der Waals surface area (Å²) in [7, 11) is 0. The van der Waals surface area contributed by atoms with Crippen LogP contribution in [-0.4, -0.2) is 26.8 Å². The summed E-state index contributed by atoms with van der Waals surface area (Å²) in [6.45, 7) is 2.72. The average molecular weight is 230 g/mol. The van der Waals surface area contributed by atoms with Crippen molar-refractivity contribution in [1.29, 1.82) is 0 Å². The third-order valence-corrected chi connectivity index (χ3v) is 3.04. The number of thioether (sulfide) groups is 1. The van der Waals surface area contributed by atoms with E-state index in [9.17, 15) is 4.79 Å². The molecule has 0 unspecified atom stereocenters. The minimum Gasteiger partial charge on any atom is -0.325 e. The smallest absolute Gasteiger partial charge is 0.168 e. The van der Waals surface area contributed by atoms with E-state index >= 15 is 0 Å². The quantitative estimate of drug-likeness (QED) is 0.598. The van der Waals surface area contributed by atoms with Gasteiger partial charge < -0.3 is 4.57 Å². The maximum absolute atomic E-state index is 11.1. The number of ketones is 1. The molecule has 0 amide bonds. The number of carbonyl (C=O) groups excluding carboxylic acids is 1. The molecule has 0 atom stereocenters. The van der Waals surface area contributed by atoms with Crippen LogP contribution in [0.3, 0.4) is 0 Å². The SMILES string of the molecule is CCC(=O)CSc1nccn1CCS. The number of rotatable bonds is 6. The standard InChI is InChI=1S/C9H14N2OS2/c1-2-8(12)7-14-9-10-3-4-11(9)5-6-13/h3-4,13H,2,5-7H2,1H3. The van der Waals surface area contributed by atoms with Crippen LogP contribution in [-0.2, 0) is 11.3 Å². The first-order valence-electron chi connectivity index (χ1n) is 4.54. The molecule has 78 valence electrons. The van der Waals surface area contributed by atoms with E-state index in [2.05, 4.69) is 17.6 Å². The highest BCUT2D eigenvalue weighted by atomic mass is 32.2. The summed E-state index contributed by atoms with van der Waals surface area (Å²) in [5.41, 5.74) is 0. The molecule has 0 radical (unpaired) electrons. The number of Topliss-reactive ketones (excluding diaryl/α,β-unsaturated/α-hetero) is 1. The van der Waals surface area contributed by atoms with Gasteiger partial charge in [-0.2, -0.15) is 12.6 Å². The molecule has 0 spiro atoms. The van der Waals surface area contributed by atoms with Crippen LogP contribution in [0.25, 0.3) is 0 Å². The Hall–Kier alpha value is -0.420. The molecule has 0 aliphatic carbocycles. The van der Waals surface area contributed by atoms with Gasteiger partial charge in [0.2, 0.25) is 0 Å². The highest BCUT2D eigenvalue weighted by Gasteiger charge is 2.05. The van der Waals surface area contributed by atoms with Crippen LogP contribution < -0.4 is 0 Å². The highest BCUT2D eigenvalue weighted by molar-refractivity contribution is 7.99. The predicted molar refractivity (Wildman–Crippen MR) is 62.1 cm³/mol. The van der Waals surface area contributed by atoms with Gasteiger partial charge in [-0.05, 0) is 0 Å². The van der Waals surface area contributed by atoms with Gasteiger partial charge in [0, 0.05) is 31.1 Å². The minimum atomic E-state index is 0.260. The fourth-order valence-electron chi connectivity index (χ4n) is 0.961. The lowest BCUT2D eigenvalue weighted by Gasteiger charge is -2.03. The van der Waals surface area contributed by atoms with E-state index in [0.29, 0.717) is 12.2 Å². The largest absolute Gasteiger partial charge is 0.325 e. The zero-order valence-electron chi connectivity index (χ0n) is 8.14. The van der Waals surface area contributed by atoms with Crippen LogP contribution in [0, 0.1) is 0 Å². The second-order valence-electron chi connectivity index (χ2n) is 2.81. The topological polar surface area (TPSA) is 34.9 Å². The fourth-order valence-corrected chi connectivity index (χ4v) is 2.12. The second kappa shape index (κ2) is 6.14. The van der Waals surface area contributed by atoms with Crippen LogP contribution in [0.15, 0.2) is 17.6 Å². The van der Waals surface area contributed by atoms with Crippen LogP contribution in [0.4, 0.5) is 0 Å². The molecule has 0 aliphatic heterocycles. The van der Waals surface area contributed by atoms with Crippen molar-refractivity contribution in [2.45, 2.75) is 25.0 Å². The third kappa shape index (κ3) is 3.38. The van der Waals surface area contributed by atoms with Gasteiger partial charge in [-0.15, -0.1) is 0 Å². The maximum atomic E-state index is 11.1. The molecule has 5 heteroatoms. The number of hydrogen-bond donors (Lipinski definition) is 1. The monoisotopic (exact) mass is 230 g/mol. The molecule has 0 aliphatic rings. The summed E-state index contributed by atoms with van der Waals surface area (Å²) in [4.78, 5) is 15.3.